The van der Waals surface area contributed by atoms with Crippen LogP contribution in [0, 0.1) is 11.8 Å². The van der Waals surface area contributed by atoms with Crippen molar-refractivity contribution in [2.75, 3.05) is 13.2 Å². The van der Waals surface area contributed by atoms with Gasteiger partial charge in [-0.25, -0.2) is 4.98 Å². The first-order chi connectivity index (χ1) is 11.0. The van der Waals surface area contributed by atoms with Gasteiger partial charge < -0.3 is 14.5 Å². The van der Waals surface area contributed by atoms with Crippen molar-refractivity contribution < 1.29 is 9.15 Å². The summed E-state index contributed by atoms with van der Waals surface area (Å²) in [5, 5.41) is 6.42. The number of dihydropyridines is 1. The van der Waals surface area contributed by atoms with E-state index in [1.54, 1.807) is 0 Å². The predicted molar refractivity (Wildman–Crippen MR) is 87.9 cm³/mol. The van der Waals surface area contributed by atoms with Gasteiger partial charge in [-0.3, -0.25) is 0 Å². The van der Waals surface area contributed by atoms with Crippen molar-refractivity contribution in [1.82, 2.24) is 10.3 Å². The molecule has 1 unspecified atom stereocenters. The maximum atomic E-state index is 10.9. The van der Waals surface area contributed by atoms with Crippen molar-refractivity contribution in [3.05, 3.63) is 40.6 Å². The number of oxazole rings is 1. The smallest absolute Gasteiger partial charge is 0.198 e. The molecule has 1 saturated heterocycles. The van der Waals surface area contributed by atoms with Crippen LogP contribution >= 0.6 is 0 Å². The van der Waals surface area contributed by atoms with Crippen LogP contribution < -0.4 is 5.32 Å². The van der Waals surface area contributed by atoms with Crippen LogP contribution in [-0.2, 0) is 4.74 Å². The summed E-state index contributed by atoms with van der Waals surface area (Å²) < 4.78 is 11.3. The lowest BCUT2D eigenvalue weighted by molar-refractivity contribution is 0.0792. The van der Waals surface area contributed by atoms with E-state index in [0.29, 0.717) is 5.92 Å². The molecular weight excluding hydrogens is 294 g/mol. The van der Waals surface area contributed by atoms with Crippen LogP contribution in [0.25, 0.3) is 5.57 Å². The molecule has 1 fully saturated rings. The molecule has 3 heterocycles. The van der Waals surface area contributed by atoms with Crippen molar-refractivity contribution in [1.29, 1.82) is 0 Å². The second kappa shape index (κ2) is 6.28. The molecule has 2 aliphatic heterocycles. The number of hydrogen-bond acceptors (Lipinski definition) is 6. The molecule has 1 N–H and O–H groups in total. The molecule has 6 heteroatoms. The third-order valence-electron chi connectivity index (χ3n) is 4.54. The average molecular weight is 317 g/mol. The summed E-state index contributed by atoms with van der Waals surface area (Å²) in [6.07, 6.45) is 7.73. The van der Waals surface area contributed by atoms with E-state index in [0.717, 1.165) is 49.0 Å². The molecule has 0 aromatic carbocycles. The van der Waals surface area contributed by atoms with Crippen LogP contribution in [0.5, 0.6) is 0 Å². The standard InChI is InChI=1S/C17H23N3O3/c1-11-15(19-16(23-11)12-6-8-22-9-7-12)13-4-5-14(18-10-13)17(2,3)20-21/h4-5,10,12,14,18H,6-9H2,1-3H3. The van der Waals surface area contributed by atoms with Gasteiger partial charge in [-0.1, -0.05) is 17.3 Å². The van der Waals surface area contributed by atoms with Gasteiger partial charge in [0.15, 0.2) is 5.89 Å². The van der Waals surface area contributed by atoms with Crippen molar-refractivity contribution in [3.63, 3.8) is 0 Å². The highest BCUT2D eigenvalue weighted by Gasteiger charge is 2.30. The third kappa shape index (κ3) is 3.22. The minimum absolute atomic E-state index is 0.120. The highest BCUT2D eigenvalue weighted by atomic mass is 16.5. The van der Waals surface area contributed by atoms with E-state index in [1.807, 2.05) is 39.1 Å². The van der Waals surface area contributed by atoms with E-state index < -0.39 is 5.54 Å². The Morgan fingerprint density at radius 1 is 1.35 bits per heavy atom. The van der Waals surface area contributed by atoms with Crippen molar-refractivity contribution in [2.45, 2.75) is 51.1 Å². The van der Waals surface area contributed by atoms with Gasteiger partial charge in [0, 0.05) is 30.9 Å². The minimum Gasteiger partial charge on any atom is -0.445 e. The Labute approximate surface area is 136 Å². The summed E-state index contributed by atoms with van der Waals surface area (Å²) in [6, 6.07) is -0.120. The predicted octanol–water partition coefficient (Wildman–Crippen LogP) is 3.29. The first-order valence-electron chi connectivity index (χ1n) is 8.05. The number of hydrogen-bond donors (Lipinski definition) is 1. The van der Waals surface area contributed by atoms with Gasteiger partial charge in [-0.05, 0) is 33.6 Å². The van der Waals surface area contributed by atoms with Crippen molar-refractivity contribution in [3.8, 4) is 0 Å². The Morgan fingerprint density at radius 3 is 2.70 bits per heavy atom. The van der Waals surface area contributed by atoms with E-state index in [2.05, 4.69) is 10.5 Å². The molecular formula is C17H23N3O3. The Hall–Kier alpha value is -1.95. The summed E-state index contributed by atoms with van der Waals surface area (Å²) in [5.41, 5.74) is 1.12. The second-order valence-electron chi connectivity index (χ2n) is 6.69. The minimum atomic E-state index is -0.690. The molecule has 124 valence electrons. The van der Waals surface area contributed by atoms with E-state index in [9.17, 15) is 4.91 Å². The Kier molecular flexibility index (Phi) is 4.35. The Bertz CT molecular complexity index is 640. The fourth-order valence-corrected chi connectivity index (χ4v) is 2.93. The SMILES string of the molecule is Cc1oc(C2CCOCC2)nc1C1=CNC(C(C)(C)N=O)C=C1. The average Bonchev–Trinajstić information content (AvgIpc) is 2.98. The molecule has 6 nitrogen and oxygen atoms in total. The maximum absolute atomic E-state index is 10.9. The van der Waals surface area contributed by atoms with Gasteiger partial charge in [0.05, 0.1) is 6.04 Å². The molecule has 0 saturated carbocycles. The Morgan fingerprint density at radius 2 is 2.09 bits per heavy atom. The number of nitrogens with zero attached hydrogens (tertiary/aromatic N) is 2. The normalized spacial score (nSPS) is 22.6. The van der Waals surface area contributed by atoms with Crippen molar-refractivity contribution in [2.24, 2.45) is 5.18 Å². The van der Waals surface area contributed by atoms with Crippen LogP contribution in [0.1, 0.15) is 50.0 Å². The van der Waals surface area contributed by atoms with Crippen molar-refractivity contribution >= 4 is 5.57 Å². The number of allylic oxidation sites excluding steroid dienone is 2. The van der Waals surface area contributed by atoms with Crippen LogP contribution in [0.3, 0.4) is 0 Å². The molecule has 2 aliphatic rings. The molecule has 0 aliphatic carbocycles. The highest BCUT2D eigenvalue weighted by Crippen LogP contribution is 2.31. The maximum Gasteiger partial charge on any atom is 0.198 e. The summed E-state index contributed by atoms with van der Waals surface area (Å²) in [7, 11) is 0. The summed E-state index contributed by atoms with van der Waals surface area (Å²) in [5.74, 6) is 1.95. The molecule has 3 rings (SSSR count). The monoisotopic (exact) mass is 317 g/mol. The summed E-state index contributed by atoms with van der Waals surface area (Å²) in [6.45, 7) is 7.09. The Balaban J connectivity index is 1.77. The largest absolute Gasteiger partial charge is 0.445 e. The second-order valence-corrected chi connectivity index (χ2v) is 6.69. The first-order valence-corrected chi connectivity index (χ1v) is 8.05. The lowest BCUT2D eigenvalue weighted by Gasteiger charge is -2.27. The molecule has 0 amide bonds. The molecule has 0 radical (unpaired) electrons. The highest BCUT2D eigenvalue weighted by molar-refractivity contribution is 5.73. The number of rotatable bonds is 4. The third-order valence-corrected chi connectivity index (χ3v) is 4.54. The number of nitrogens with one attached hydrogen (secondary N) is 1. The molecule has 1 aromatic heterocycles. The zero-order chi connectivity index (χ0) is 16.4. The van der Waals surface area contributed by atoms with E-state index >= 15 is 0 Å². The van der Waals surface area contributed by atoms with Gasteiger partial charge >= 0.3 is 0 Å². The fourth-order valence-electron chi connectivity index (χ4n) is 2.93. The lowest BCUT2D eigenvalue weighted by atomic mass is 9.93. The van der Waals surface area contributed by atoms with E-state index in [4.69, 9.17) is 14.1 Å². The lowest BCUT2D eigenvalue weighted by Crippen LogP contribution is -2.42. The molecule has 23 heavy (non-hydrogen) atoms. The molecule has 0 spiro atoms. The van der Waals surface area contributed by atoms with Crippen LogP contribution in [-0.4, -0.2) is 29.8 Å². The fraction of sp³-hybridized carbons (Fsp3) is 0.588. The van der Waals surface area contributed by atoms with Gasteiger partial charge in [0.25, 0.3) is 0 Å². The van der Waals surface area contributed by atoms with E-state index in [-0.39, 0.29) is 6.04 Å². The molecule has 1 aromatic rings. The topological polar surface area (TPSA) is 76.7 Å². The van der Waals surface area contributed by atoms with Gasteiger partial charge in [0.2, 0.25) is 0 Å². The zero-order valence-electron chi connectivity index (χ0n) is 13.8. The van der Waals surface area contributed by atoms with E-state index in [1.165, 1.54) is 0 Å². The van der Waals surface area contributed by atoms with Gasteiger partial charge in [-0.2, -0.15) is 4.91 Å². The van der Waals surface area contributed by atoms with Crippen LogP contribution in [0.2, 0.25) is 0 Å². The van der Waals surface area contributed by atoms with Gasteiger partial charge in [0.1, 0.15) is 17.0 Å². The molecule has 0 bridgehead atoms. The number of aromatic nitrogens is 1. The number of aryl methyl sites for hydroxylation is 1. The van der Waals surface area contributed by atoms with Crippen LogP contribution in [0.4, 0.5) is 0 Å². The summed E-state index contributed by atoms with van der Waals surface area (Å²) >= 11 is 0. The quantitative estimate of drug-likeness (QED) is 0.862. The van der Waals surface area contributed by atoms with Gasteiger partial charge in [-0.15, -0.1) is 0 Å². The zero-order valence-corrected chi connectivity index (χ0v) is 13.8. The molecule has 1 atom stereocenters. The first kappa shape index (κ1) is 15.9. The van der Waals surface area contributed by atoms with Crippen LogP contribution in [0.15, 0.2) is 27.9 Å². The summed E-state index contributed by atoms with van der Waals surface area (Å²) in [4.78, 5) is 15.6. The number of ether oxygens (including phenoxy) is 1. The number of nitroso groups, excluding NO2 is 1.